The molecule has 1 amide bonds. The molecule has 1 aliphatic carbocycles. The number of rotatable bonds is 3. The second kappa shape index (κ2) is 5.19. The van der Waals surface area contributed by atoms with Gasteiger partial charge in [-0.05, 0) is 37.5 Å². The van der Waals surface area contributed by atoms with Crippen molar-refractivity contribution in [1.82, 2.24) is 0 Å². The van der Waals surface area contributed by atoms with Crippen molar-refractivity contribution >= 4 is 23.2 Å². The Morgan fingerprint density at radius 2 is 2.11 bits per heavy atom. The first kappa shape index (κ1) is 13.2. The first-order chi connectivity index (χ1) is 8.57. The lowest BCUT2D eigenvalue weighted by atomic mass is 9.82. The molecule has 2 N–H and O–H groups in total. The van der Waals surface area contributed by atoms with E-state index in [1.807, 2.05) is 0 Å². The maximum atomic E-state index is 12.3. The highest BCUT2D eigenvalue weighted by atomic mass is 35.5. The molecule has 0 unspecified atom stereocenters. The highest BCUT2D eigenvalue weighted by Crippen LogP contribution is 2.42. The maximum absolute atomic E-state index is 12.3. The third-order valence-corrected chi connectivity index (χ3v) is 4.23. The number of nitrogens with one attached hydrogen (secondary N) is 1. The molecule has 0 bridgehead atoms. The molecule has 1 aromatic rings. The van der Waals surface area contributed by atoms with E-state index >= 15 is 0 Å². The van der Waals surface area contributed by atoms with Gasteiger partial charge in [-0.2, -0.15) is 0 Å². The summed E-state index contributed by atoms with van der Waals surface area (Å²) in [7, 11) is 0. The predicted octanol–water partition coefficient (Wildman–Crippen LogP) is 3.95. The lowest BCUT2D eigenvalue weighted by molar-refractivity contribution is -0.125. The molecule has 18 heavy (non-hydrogen) atoms. The van der Waals surface area contributed by atoms with Crippen LogP contribution in [0, 0.1) is 5.41 Å². The molecule has 0 saturated heterocycles. The molecule has 0 aromatic heterocycles. The second-order valence-electron chi connectivity index (χ2n) is 4.96. The van der Waals surface area contributed by atoms with Crippen LogP contribution in [-0.4, -0.2) is 11.0 Å². The van der Waals surface area contributed by atoms with Crippen molar-refractivity contribution in [2.75, 3.05) is 5.32 Å². The molecule has 98 valence electrons. The summed E-state index contributed by atoms with van der Waals surface area (Å²) in [5, 5.41) is 12.5. The molecule has 4 heteroatoms. The first-order valence-electron chi connectivity index (χ1n) is 6.37. The summed E-state index contributed by atoms with van der Waals surface area (Å²) in [5.41, 5.74) is 0.423. The average Bonchev–Trinajstić information content (AvgIpc) is 2.84. The fourth-order valence-electron chi connectivity index (χ4n) is 2.64. The van der Waals surface area contributed by atoms with Crippen molar-refractivity contribution in [3.8, 4) is 5.75 Å². The quantitative estimate of drug-likeness (QED) is 0.815. The van der Waals surface area contributed by atoms with E-state index in [0.717, 1.165) is 32.1 Å². The van der Waals surface area contributed by atoms with Crippen molar-refractivity contribution < 1.29 is 9.90 Å². The summed E-state index contributed by atoms with van der Waals surface area (Å²) in [5.74, 6) is 0.102. The number of aromatic hydroxyl groups is 1. The molecule has 0 aliphatic heterocycles. The molecule has 0 atom stereocenters. The van der Waals surface area contributed by atoms with Crippen LogP contribution in [0.4, 0.5) is 5.69 Å². The smallest absolute Gasteiger partial charge is 0.230 e. The highest BCUT2D eigenvalue weighted by molar-refractivity contribution is 6.32. The largest absolute Gasteiger partial charge is 0.506 e. The molecule has 0 radical (unpaired) electrons. The van der Waals surface area contributed by atoms with Crippen molar-refractivity contribution in [3.05, 3.63) is 23.2 Å². The van der Waals surface area contributed by atoms with Crippen molar-refractivity contribution in [1.29, 1.82) is 0 Å². The Labute approximate surface area is 112 Å². The lowest BCUT2D eigenvalue weighted by Crippen LogP contribution is -2.33. The summed E-state index contributed by atoms with van der Waals surface area (Å²) >= 11 is 5.82. The van der Waals surface area contributed by atoms with Crippen LogP contribution >= 0.6 is 11.6 Å². The van der Waals surface area contributed by atoms with Crippen LogP contribution in [-0.2, 0) is 4.79 Å². The van der Waals surface area contributed by atoms with Gasteiger partial charge in [-0.15, -0.1) is 0 Å². The number of amides is 1. The van der Waals surface area contributed by atoms with Gasteiger partial charge in [-0.25, -0.2) is 0 Å². The van der Waals surface area contributed by atoms with Gasteiger partial charge in [0.2, 0.25) is 5.91 Å². The van der Waals surface area contributed by atoms with E-state index in [-0.39, 0.29) is 22.1 Å². The summed E-state index contributed by atoms with van der Waals surface area (Å²) in [4.78, 5) is 12.3. The molecule has 0 spiro atoms. The molecule has 1 aliphatic rings. The van der Waals surface area contributed by atoms with Crippen molar-refractivity contribution in [2.45, 2.75) is 39.0 Å². The Balaban J connectivity index is 2.13. The van der Waals surface area contributed by atoms with Gasteiger partial charge in [0.15, 0.2) is 0 Å². The fraction of sp³-hybridized carbons (Fsp3) is 0.500. The van der Waals surface area contributed by atoms with Gasteiger partial charge in [0.05, 0.1) is 5.02 Å². The molecule has 1 fully saturated rings. The third kappa shape index (κ3) is 2.46. The maximum Gasteiger partial charge on any atom is 0.230 e. The van der Waals surface area contributed by atoms with Crippen LogP contribution in [0.2, 0.25) is 5.02 Å². The molecule has 0 heterocycles. The van der Waals surface area contributed by atoms with Crippen molar-refractivity contribution in [2.24, 2.45) is 5.41 Å². The van der Waals surface area contributed by atoms with Crippen LogP contribution < -0.4 is 5.32 Å². The van der Waals surface area contributed by atoms with Crippen LogP contribution in [0.15, 0.2) is 18.2 Å². The Morgan fingerprint density at radius 1 is 1.44 bits per heavy atom. The van der Waals surface area contributed by atoms with Crippen LogP contribution in [0.5, 0.6) is 5.75 Å². The van der Waals surface area contributed by atoms with E-state index in [1.165, 1.54) is 6.07 Å². The zero-order valence-electron chi connectivity index (χ0n) is 10.5. The number of phenolic OH excluding ortho intramolecular Hbond substituents is 1. The minimum Gasteiger partial charge on any atom is -0.506 e. The molecule has 1 saturated carbocycles. The minimum absolute atomic E-state index is 0.0285. The van der Waals surface area contributed by atoms with E-state index in [0.29, 0.717) is 5.69 Å². The van der Waals surface area contributed by atoms with Gasteiger partial charge in [0.1, 0.15) is 5.75 Å². The third-order valence-electron chi connectivity index (χ3n) is 3.92. The van der Waals surface area contributed by atoms with E-state index in [4.69, 9.17) is 11.6 Å². The summed E-state index contributed by atoms with van der Waals surface area (Å²) in [6.45, 7) is 2.06. The number of hydrogen-bond acceptors (Lipinski definition) is 2. The topological polar surface area (TPSA) is 49.3 Å². The number of carbonyl (C=O) groups excluding carboxylic acids is 1. The summed E-state index contributed by atoms with van der Waals surface area (Å²) in [6, 6.07) is 4.73. The number of carbonyl (C=O) groups is 1. The lowest BCUT2D eigenvalue weighted by Gasteiger charge is -2.26. The minimum atomic E-state index is -0.218. The van der Waals surface area contributed by atoms with Gasteiger partial charge in [0, 0.05) is 11.1 Å². The first-order valence-corrected chi connectivity index (χ1v) is 6.75. The Bertz CT molecular complexity index is 453. The van der Waals surface area contributed by atoms with E-state index in [9.17, 15) is 9.90 Å². The zero-order valence-corrected chi connectivity index (χ0v) is 11.3. The van der Waals surface area contributed by atoms with Gasteiger partial charge in [-0.3, -0.25) is 4.79 Å². The molecular formula is C14H18ClNO2. The van der Waals surface area contributed by atoms with Gasteiger partial charge >= 0.3 is 0 Å². The molecule has 1 aromatic carbocycles. The Morgan fingerprint density at radius 3 is 2.67 bits per heavy atom. The summed E-state index contributed by atoms with van der Waals surface area (Å²) < 4.78 is 0. The number of anilines is 1. The predicted molar refractivity (Wildman–Crippen MR) is 72.9 cm³/mol. The molecular weight excluding hydrogens is 250 g/mol. The monoisotopic (exact) mass is 267 g/mol. The number of benzene rings is 1. The standard InChI is InChI=1S/C14H18ClNO2/c1-2-14(7-3-4-8-14)13(18)16-10-5-6-12(17)11(15)9-10/h5-6,9,17H,2-4,7-8H2,1H3,(H,16,18). The zero-order chi connectivity index (χ0) is 13.2. The molecule has 2 rings (SSSR count). The Hall–Kier alpha value is -1.22. The normalized spacial score (nSPS) is 17.7. The van der Waals surface area contributed by atoms with Gasteiger partial charge in [0.25, 0.3) is 0 Å². The van der Waals surface area contributed by atoms with Gasteiger partial charge in [-0.1, -0.05) is 31.4 Å². The SMILES string of the molecule is CCC1(C(=O)Nc2ccc(O)c(Cl)c2)CCCC1. The fourth-order valence-corrected chi connectivity index (χ4v) is 2.82. The van der Waals surface area contributed by atoms with E-state index in [1.54, 1.807) is 12.1 Å². The number of phenols is 1. The van der Waals surface area contributed by atoms with Crippen molar-refractivity contribution in [3.63, 3.8) is 0 Å². The average molecular weight is 268 g/mol. The number of halogens is 1. The van der Waals surface area contributed by atoms with E-state index < -0.39 is 0 Å². The molecule has 3 nitrogen and oxygen atoms in total. The van der Waals surface area contributed by atoms with Crippen LogP contribution in [0.1, 0.15) is 39.0 Å². The summed E-state index contributed by atoms with van der Waals surface area (Å²) in [6.07, 6.45) is 5.03. The highest BCUT2D eigenvalue weighted by Gasteiger charge is 2.39. The van der Waals surface area contributed by atoms with Crippen LogP contribution in [0.3, 0.4) is 0 Å². The Kier molecular flexibility index (Phi) is 3.81. The number of hydrogen-bond donors (Lipinski definition) is 2. The van der Waals surface area contributed by atoms with E-state index in [2.05, 4.69) is 12.2 Å². The van der Waals surface area contributed by atoms with Gasteiger partial charge < -0.3 is 10.4 Å². The second-order valence-corrected chi connectivity index (χ2v) is 5.37. The van der Waals surface area contributed by atoms with Crippen LogP contribution in [0.25, 0.3) is 0 Å².